The first-order valence-electron chi connectivity index (χ1n) is 12.7. The van der Waals surface area contributed by atoms with Gasteiger partial charge < -0.3 is 19.1 Å². The number of ether oxygens (including phenoxy) is 3. The zero-order valence-corrected chi connectivity index (χ0v) is 19.9. The monoisotopic (exact) mass is 469 g/mol. The van der Waals surface area contributed by atoms with E-state index in [9.17, 15) is 4.79 Å². The van der Waals surface area contributed by atoms with Crippen molar-refractivity contribution in [1.82, 2.24) is 25.1 Å². The van der Waals surface area contributed by atoms with Gasteiger partial charge in [-0.1, -0.05) is 6.92 Å². The number of amides is 1. The summed E-state index contributed by atoms with van der Waals surface area (Å²) in [4.78, 5) is 14.4. The number of rotatable bonds is 9. The van der Waals surface area contributed by atoms with Crippen molar-refractivity contribution in [3.05, 3.63) is 30.6 Å². The van der Waals surface area contributed by atoms with E-state index < -0.39 is 0 Å². The average molecular weight is 470 g/mol. The molecule has 184 valence electrons. The van der Waals surface area contributed by atoms with Gasteiger partial charge in [-0.05, 0) is 91.0 Å². The number of carbonyl (C=O) groups is 1. The molecule has 0 spiro atoms. The highest BCUT2D eigenvalue weighted by Crippen LogP contribution is 2.49. The molecule has 3 aliphatic rings. The SMILES string of the molecule is CC(COC(=O)N1CCC([C@H]2C[C@H]2CCOc2ccc(-n3cnnn3)cc2)CC1)C1CCCO1. The number of carbonyl (C=O) groups excluding carboxylic acids is 1. The third-order valence-corrected chi connectivity index (χ3v) is 7.66. The Morgan fingerprint density at radius 2 is 2.03 bits per heavy atom. The first-order chi connectivity index (χ1) is 16.7. The van der Waals surface area contributed by atoms with Crippen molar-refractivity contribution < 1.29 is 19.0 Å². The molecule has 4 atom stereocenters. The number of piperidine rings is 1. The fourth-order valence-corrected chi connectivity index (χ4v) is 5.45. The first-order valence-corrected chi connectivity index (χ1v) is 12.7. The Bertz CT molecular complexity index is 908. The molecule has 0 bridgehead atoms. The van der Waals surface area contributed by atoms with E-state index in [1.807, 2.05) is 29.2 Å². The van der Waals surface area contributed by atoms with E-state index in [0.29, 0.717) is 6.61 Å². The first kappa shape index (κ1) is 23.1. The van der Waals surface area contributed by atoms with Crippen LogP contribution in [-0.2, 0) is 9.47 Å². The number of hydrogen-bond acceptors (Lipinski definition) is 7. The predicted molar refractivity (Wildman–Crippen MR) is 125 cm³/mol. The highest BCUT2D eigenvalue weighted by Gasteiger charge is 2.43. The summed E-state index contributed by atoms with van der Waals surface area (Å²) in [5, 5.41) is 11.2. The van der Waals surface area contributed by atoms with Crippen molar-refractivity contribution in [2.24, 2.45) is 23.7 Å². The summed E-state index contributed by atoms with van der Waals surface area (Å²) in [6.45, 7) is 5.75. The molecule has 3 heterocycles. The number of likely N-dealkylation sites (tertiary alicyclic amines) is 1. The van der Waals surface area contributed by atoms with Crippen LogP contribution in [0.25, 0.3) is 5.69 Å². The lowest BCUT2D eigenvalue weighted by atomic mass is 9.91. The third kappa shape index (κ3) is 5.68. The molecule has 1 aromatic heterocycles. The smallest absolute Gasteiger partial charge is 0.409 e. The summed E-state index contributed by atoms with van der Waals surface area (Å²) >= 11 is 0. The fourth-order valence-electron chi connectivity index (χ4n) is 5.45. The Kier molecular flexibility index (Phi) is 7.27. The zero-order chi connectivity index (χ0) is 23.3. The Labute approximate surface area is 200 Å². The molecule has 9 heteroatoms. The maximum atomic E-state index is 12.5. The summed E-state index contributed by atoms with van der Waals surface area (Å²) in [5.41, 5.74) is 0.909. The van der Waals surface area contributed by atoms with Gasteiger partial charge in [0, 0.05) is 25.6 Å². The number of tetrazole rings is 1. The van der Waals surface area contributed by atoms with Crippen molar-refractivity contribution in [2.75, 3.05) is 32.9 Å². The number of nitrogens with zero attached hydrogens (tertiary/aromatic N) is 5. The maximum Gasteiger partial charge on any atom is 0.409 e. The largest absolute Gasteiger partial charge is 0.494 e. The molecule has 2 saturated heterocycles. The molecule has 5 rings (SSSR count). The molecule has 1 amide bonds. The van der Waals surface area contributed by atoms with E-state index in [0.717, 1.165) is 87.6 Å². The second kappa shape index (κ2) is 10.7. The van der Waals surface area contributed by atoms with Gasteiger partial charge in [0.2, 0.25) is 0 Å². The molecular weight excluding hydrogens is 434 g/mol. The Morgan fingerprint density at radius 1 is 1.21 bits per heavy atom. The van der Waals surface area contributed by atoms with Gasteiger partial charge in [0.15, 0.2) is 0 Å². The second-order valence-corrected chi connectivity index (χ2v) is 9.98. The van der Waals surface area contributed by atoms with Gasteiger partial charge in [-0.3, -0.25) is 0 Å². The van der Waals surface area contributed by atoms with Crippen LogP contribution in [0.5, 0.6) is 5.75 Å². The minimum atomic E-state index is -0.157. The van der Waals surface area contributed by atoms with Crippen LogP contribution in [0.15, 0.2) is 30.6 Å². The van der Waals surface area contributed by atoms with E-state index in [2.05, 4.69) is 22.4 Å². The predicted octanol–water partition coefficient (Wildman–Crippen LogP) is 3.73. The molecular formula is C25H35N5O4. The summed E-state index contributed by atoms with van der Waals surface area (Å²) in [7, 11) is 0. The molecule has 2 aromatic rings. The van der Waals surface area contributed by atoms with Gasteiger partial charge in [-0.15, -0.1) is 5.10 Å². The quantitative estimate of drug-likeness (QED) is 0.553. The Morgan fingerprint density at radius 3 is 2.74 bits per heavy atom. The van der Waals surface area contributed by atoms with Crippen molar-refractivity contribution in [1.29, 1.82) is 0 Å². The Balaban J connectivity index is 0.965. The van der Waals surface area contributed by atoms with Crippen LogP contribution in [0.2, 0.25) is 0 Å². The average Bonchev–Trinajstić information content (AvgIpc) is 3.25. The third-order valence-electron chi connectivity index (χ3n) is 7.66. The van der Waals surface area contributed by atoms with Gasteiger partial charge >= 0.3 is 6.09 Å². The molecule has 2 aliphatic heterocycles. The van der Waals surface area contributed by atoms with Crippen molar-refractivity contribution >= 4 is 6.09 Å². The standard InChI is InChI=1S/C25H35N5O4/c1-18(24-3-2-13-33-24)16-34-25(31)29-11-8-19(9-12-29)23-15-20(23)10-14-32-22-6-4-21(5-7-22)30-17-26-27-28-30/h4-7,17-20,23-24H,2-3,8-16H2,1H3/t18?,20-,23-,24?/m1/s1. The van der Waals surface area contributed by atoms with E-state index in [1.165, 1.54) is 6.42 Å². The molecule has 1 aliphatic carbocycles. The minimum Gasteiger partial charge on any atom is -0.494 e. The lowest BCUT2D eigenvalue weighted by Gasteiger charge is -2.32. The molecule has 2 unspecified atom stereocenters. The molecule has 9 nitrogen and oxygen atoms in total. The van der Waals surface area contributed by atoms with Gasteiger partial charge in [0.25, 0.3) is 0 Å². The molecule has 1 saturated carbocycles. The number of hydrogen-bond donors (Lipinski definition) is 0. The van der Waals surface area contributed by atoms with Crippen LogP contribution in [0.4, 0.5) is 4.79 Å². The fraction of sp³-hybridized carbons (Fsp3) is 0.680. The van der Waals surface area contributed by atoms with Crippen molar-refractivity contribution in [3.8, 4) is 11.4 Å². The minimum absolute atomic E-state index is 0.157. The van der Waals surface area contributed by atoms with Crippen molar-refractivity contribution in [3.63, 3.8) is 0 Å². The molecule has 1 aromatic carbocycles. The molecule has 0 N–H and O–H groups in total. The maximum absolute atomic E-state index is 12.5. The van der Waals surface area contributed by atoms with Gasteiger partial charge in [0.05, 0.1) is 25.0 Å². The molecule has 34 heavy (non-hydrogen) atoms. The number of aromatic nitrogens is 4. The van der Waals surface area contributed by atoms with Gasteiger partial charge in [0.1, 0.15) is 12.1 Å². The van der Waals surface area contributed by atoms with Gasteiger partial charge in [-0.2, -0.15) is 0 Å². The van der Waals surface area contributed by atoms with E-state index in [1.54, 1.807) is 11.0 Å². The Hall–Kier alpha value is -2.68. The normalized spacial score (nSPS) is 25.8. The van der Waals surface area contributed by atoms with Crippen LogP contribution in [0, 0.1) is 23.7 Å². The van der Waals surface area contributed by atoms with E-state index in [4.69, 9.17) is 14.2 Å². The van der Waals surface area contributed by atoms with Crippen LogP contribution in [0.1, 0.15) is 45.4 Å². The van der Waals surface area contributed by atoms with Crippen LogP contribution in [-0.4, -0.2) is 70.2 Å². The summed E-state index contributed by atoms with van der Waals surface area (Å²) in [6.07, 6.45) is 8.38. The summed E-state index contributed by atoms with van der Waals surface area (Å²) in [5.74, 6) is 3.38. The highest BCUT2D eigenvalue weighted by molar-refractivity contribution is 5.67. The van der Waals surface area contributed by atoms with Crippen LogP contribution >= 0.6 is 0 Å². The van der Waals surface area contributed by atoms with Crippen molar-refractivity contribution in [2.45, 2.75) is 51.6 Å². The van der Waals surface area contributed by atoms with E-state index >= 15 is 0 Å². The molecule has 0 radical (unpaired) electrons. The summed E-state index contributed by atoms with van der Waals surface area (Å²) in [6, 6.07) is 7.82. The number of benzene rings is 1. The topological polar surface area (TPSA) is 91.6 Å². The zero-order valence-electron chi connectivity index (χ0n) is 19.9. The van der Waals surface area contributed by atoms with Crippen LogP contribution in [0.3, 0.4) is 0 Å². The lowest BCUT2D eigenvalue weighted by Crippen LogP contribution is -2.40. The van der Waals surface area contributed by atoms with E-state index in [-0.39, 0.29) is 18.1 Å². The summed E-state index contributed by atoms with van der Waals surface area (Å²) < 4.78 is 18.9. The van der Waals surface area contributed by atoms with Crippen LogP contribution < -0.4 is 4.74 Å². The van der Waals surface area contributed by atoms with Gasteiger partial charge in [-0.25, -0.2) is 9.48 Å². The lowest BCUT2D eigenvalue weighted by molar-refractivity contribution is 0.0237. The highest BCUT2D eigenvalue weighted by atomic mass is 16.6. The second-order valence-electron chi connectivity index (χ2n) is 9.98. The molecule has 3 fully saturated rings.